The summed E-state index contributed by atoms with van der Waals surface area (Å²) in [6.45, 7) is 16.6. The van der Waals surface area contributed by atoms with Gasteiger partial charge in [-0.25, -0.2) is 9.48 Å². The lowest BCUT2D eigenvalue weighted by Gasteiger charge is -2.33. The normalized spacial score (nSPS) is 14.1. The number of piperidine rings is 1. The molecule has 1 aromatic heterocycles. The highest BCUT2D eigenvalue weighted by Crippen LogP contribution is 2.45. The summed E-state index contributed by atoms with van der Waals surface area (Å²) in [5.74, 6) is 3.15. The molecule has 0 aliphatic carbocycles. The predicted octanol–water partition coefficient (Wildman–Crippen LogP) is 8.07. The second kappa shape index (κ2) is 15.5. The van der Waals surface area contributed by atoms with E-state index in [9.17, 15) is 4.79 Å². The second-order valence-corrected chi connectivity index (χ2v) is 13.0. The zero-order chi connectivity index (χ0) is 32.6. The van der Waals surface area contributed by atoms with Gasteiger partial charge in [0.05, 0.1) is 31.9 Å². The second-order valence-electron chi connectivity index (χ2n) is 13.0. The van der Waals surface area contributed by atoms with Crippen molar-refractivity contribution in [3.63, 3.8) is 0 Å². The molecule has 10 heteroatoms. The third-order valence-electron chi connectivity index (χ3n) is 7.97. The molecule has 1 fully saturated rings. The van der Waals surface area contributed by atoms with Crippen LogP contribution in [0.3, 0.4) is 0 Å². The lowest BCUT2D eigenvalue weighted by Crippen LogP contribution is -2.42. The smallest absolute Gasteiger partial charge is 0.410 e. The van der Waals surface area contributed by atoms with Crippen LogP contribution >= 0.6 is 0 Å². The van der Waals surface area contributed by atoms with Gasteiger partial charge in [-0.1, -0.05) is 46.6 Å². The number of unbranched alkanes of at least 4 members (excludes halogenated alkanes) is 2. The molecule has 0 atom stereocenters. The van der Waals surface area contributed by atoms with Crippen molar-refractivity contribution in [2.75, 3.05) is 33.4 Å². The summed E-state index contributed by atoms with van der Waals surface area (Å²) in [5.41, 5.74) is 3.31. The fourth-order valence-corrected chi connectivity index (χ4v) is 5.37. The van der Waals surface area contributed by atoms with Crippen molar-refractivity contribution < 1.29 is 23.7 Å². The molecule has 2 aromatic carbocycles. The Kier molecular flexibility index (Phi) is 11.7. The van der Waals surface area contributed by atoms with Crippen LogP contribution in [0, 0.1) is 0 Å². The minimum absolute atomic E-state index is 0.0138. The largest absolute Gasteiger partial charge is 0.496 e. The first-order chi connectivity index (χ1) is 21.6. The minimum Gasteiger partial charge on any atom is -0.496 e. The van der Waals surface area contributed by atoms with E-state index in [0.717, 1.165) is 53.9 Å². The molecule has 246 valence electrons. The molecule has 0 radical (unpaired) electrons. The van der Waals surface area contributed by atoms with E-state index in [2.05, 4.69) is 61.4 Å². The molecule has 45 heavy (non-hydrogen) atoms. The first kappa shape index (κ1) is 34.1. The number of tetrazole rings is 1. The highest BCUT2D eigenvalue weighted by Gasteiger charge is 2.31. The standard InChI is InChI=1S/C35H51N5O5/c1-9-11-19-43-31-23-32(44-20-12-10-2)29(22-28(31)27-21-25(24(3)4)13-14-30(27)42-8)33-36-37-38-40(33)26-15-17-39(18-16-26)34(41)45-35(5,6)7/h13-14,21-24,26H,9-12,15-20H2,1-8H3. The highest BCUT2D eigenvalue weighted by atomic mass is 16.6. The van der Waals surface area contributed by atoms with E-state index in [4.69, 9.17) is 18.9 Å². The number of nitrogens with zero attached hydrogens (tertiary/aromatic N) is 5. The zero-order valence-electron chi connectivity index (χ0n) is 28.4. The van der Waals surface area contributed by atoms with Gasteiger partial charge in [0.2, 0.25) is 0 Å². The molecular formula is C35H51N5O5. The van der Waals surface area contributed by atoms with Gasteiger partial charge in [0.15, 0.2) is 5.82 Å². The van der Waals surface area contributed by atoms with Crippen LogP contribution in [0.4, 0.5) is 4.79 Å². The van der Waals surface area contributed by atoms with Gasteiger partial charge in [-0.05, 0) is 86.6 Å². The zero-order valence-corrected chi connectivity index (χ0v) is 28.4. The van der Waals surface area contributed by atoms with E-state index in [1.807, 2.05) is 37.6 Å². The fraction of sp³-hybridized carbons (Fsp3) is 0.600. The third kappa shape index (κ3) is 8.67. The molecule has 1 aliphatic heterocycles. The Labute approximate surface area is 268 Å². The summed E-state index contributed by atoms with van der Waals surface area (Å²) in [6, 6.07) is 10.4. The number of amides is 1. The van der Waals surface area contributed by atoms with Gasteiger partial charge in [0.25, 0.3) is 0 Å². The number of carbonyl (C=O) groups is 1. The Morgan fingerprint density at radius 3 is 2.11 bits per heavy atom. The van der Waals surface area contributed by atoms with E-state index in [1.54, 1.807) is 12.0 Å². The van der Waals surface area contributed by atoms with Crippen LogP contribution in [0.1, 0.15) is 105 Å². The first-order valence-corrected chi connectivity index (χ1v) is 16.4. The molecule has 1 saturated heterocycles. The monoisotopic (exact) mass is 621 g/mol. The van der Waals surface area contributed by atoms with Gasteiger partial charge < -0.3 is 23.8 Å². The molecule has 0 bridgehead atoms. The maximum absolute atomic E-state index is 12.7. The Morgan fingerprint density at radius 2 is 1.53 bits per heavy atom. The molecule has 2 heterocycles. The Morgan fingerprint density at radius 1 is 0.911 bits per heavy atom. The van der Waals surface area contributed by atoms with Gasteiger partial charge in [-0.2, -0.15) is 0 Å². The number of carbonyl (C=O) groups excluding carboxylic acids is 1. The lowest BCUT2D eigenvalue weighted by molar-refractivity contribution is 0.0185. The van der Waals surface area contributed by atoms with Crippen molar-refractivity contribution in [2.45, 2.75) is 105 Å². The number of ether oxygens (including phenoxy) is 4. The average molecular weight is 622 g/mol. The van der Waals surface area contributed by atoms with Crippen LogP contribution in [0.25, 0.3) is 22.5 Å². The summed E-state index contributed by atoms with van der Waals surface area (Å²) in [6.07, 6.45) is 5.03. The van der Waals surface area contributed by atoms with Crippen LogP contribution in [0.5, 0.6) is 17.2 Å². The number of rotatable bonds is 13. The van der Waals surface area contributed by atoms with Crippen molar-refractivity contribution in [1.29, 1.82) is 0 Å². The average Bonchev–Trinajstić information content (AvgIpc) is 3.50. The van der Waals surface area contributed by atoms with E-state index in [1.165, 1.54) is 5.56 Å². The van der Waals surface area contributed by atoms with Crippen LogP contribution in [0.2, 0.25) is 0 Å². The first-order valence-electron chi connectivity index (χ1n) is 16.4. The predicted molar refractivity (Wildman–Crippen MR) is 176 cm³/mol. The van der Waals surface area contributed by atoms with E-state index in [-0.39, 0.29) is 12.1 Å². The molecular weight excluding hydrogens is 570 g/mol. The van der Waals surface area contributed by atoms with E-state index in [0.29, 0.717) is 56.6 Å². The van der Waals surface area contributed by atoms with Crippen molar-refractivity contribution in [3.8, 4) is 39.8 Å². The van der Waals surface area contributed by atoms with E-state index < -0.39 is 5.60 Å². The van der Waals surface area contributed by atoms with Crippen LogP contribution < -0.4 is 14.2 Å². The van der Waals surface area contributed by atoms with Gasteiger partial charge in [-0.15, -0.1) is 5.10 Å². The van der Waals surface area contributed by atoms with E-state index >= 15 is 0 Å². The summed E-state index contributed by atoms with van der Waals surface area (Å²) in [4.78, 5) is 14.5. The van der Waals surface area contributed by atoms with Crippen molar-refractivity contribution in [1.82, 2.24) is 25.1 Å². The fourth-order valence-electron chi connectivity index (χ4n) is 5.37. The van der Waals surface area contributed by atoms with Crippen molar-refractivity contribution in [2.24, 2.45) is 0 Å². The molecule has 4 rings (SSSR count). The summed E-state index contributed by atoms with van der Waals surface area (Å²) in [5, 5.41) is 13.1. The number of methoxy groups -OCH3 is 1. The molecule has 1 amide bonds. The molecule has 0 unspecified atom stereocenters. The van der Waals surface area contributed by atoms with Crippen molar-refractivity contribution in [3.05, 3.63) is 35.9 Å². The maximum atomic E-state index is 12.7. The summed E-state index contributed by atoms with van der Waals surface area (Å²) in [7, 11) is 1.69. The summed E-state index contributed by atoms with van der Waals surface area (Å²) >= 11 is 0. The number of hydrogen-bond donors (Lipinski definition) is 0. The van der Waals surface area contributed by atoms with Gasteiger partial charge >= 0.3 is 6.09 Å². The van der Waals surface area contributed by atoms with Gasteiger partial charge in [0.1, 0.15) is 22.8 Å². The topological polar surface area (TPSA) is 101 Å². The number of hydrogen-bond acceptors (Lipinski definition) is 8. The quantitative estimate of drug-likeness (QED) is 0.177. The van der Waals surface area contributed by atoms with Crippen LogP contribution in [-0.4, -0.2) is 70.2 Å². The number of likely N-dealkylation sites (tertiary alicyclic amines) is 1. The molecule has 10 nitrogen and oxygen atoms in total. The molecule has 0 N–H and O–H groups in total. The minimum atomic E-state index is -0.535. The molecule has 0 spiro atoms. The summed E-state index contributed by atoms with van der Waals surface area (Å²) < 4.78 is 26.2. The molecule has 3 aromatic rings. The van der Waals surface area contributed by atoms with Gasteiger partial charge in [0, 0.05) is 30.3 Å². The van der Waals surface area contributed by atoms with Crippen molar-refractivity contribution >= 4 is 6.09 Å². The Bertz CT molecular complexity index is 1410. The molecule has 1 aliphatic rings. The molecule has 0 saturated carbocycles. The number of aromatic nitrogens is 4. The SMILES string of the molecule is CCCCOc1cc(OCCCC)c(-c2nnnn2C2CCN(C(=O)OC(C)(C)C)CC2)cc1-c1cc(C(C)C)ccc1OC. The highest BCUT2D eigenvalue weighted by molar-refractivity contribution is 5.83. The maximum Gasteiger partial charge on any atom is 0.410 e. The van der Waals surface area contributed by atoms with Crippen LogP contribution in [0.15, 0.2) is 30.3 Å². The lowest BCUT2D eigenvalue weighted by atomic mass is 9.94. The number of benzene rings is 2. The van der Waals surface area contributed by atoms with Crippen LogP contribution in [-0.2, 0) is 4.74 Å². The Hall–Kier alpha value is -3.82. The van der Waals surface area contributed by atoms with Gasteiger partial charge in [-0.3, -0.25) is 0 Å². The third-order valence-corrected chi connectivity index (χ3v) is 7.97. The Balaban J connectivity index is 1.78.